The molecule has 1 atom stereocenters. The third-order valence-electron chi connectivity index (χ3n) is 2.98. The van der Waals surface area contributed by atoms with Crippen molar-refractivity contribution in [2.24, 2.45) is 11.1 Å². The standard InChI is InChI=1S/C14H26N2O/c1-5-16(11-13-7-6-8-17-13)12(10-15)9-14(2,3)4/h6-8,12H,5,9-11,15H2,1-4H3. The Morgan fingerprint density at radius 3 is 2.53 bits per heavy atom. The van der Waals surface area contributed by atoms with Crippen LogP contribution in [-0.4, -0.2) is 24.0 Å². The highest BCUT2D eigenvalue weighted by molar-refractivity contribution is 4.98. The molecule has 0 aliphatic carbocycles. The van der Waals surface area contributed by atoms with Gasteiger partial charge in [-0.1, -0.05) is 27.7 Å². The lowest BCUT2D eigenvalue weighted by atomic mass is 9.87. The number of hydrogen-bond acceptors (Lipinski definition) is 3. The Hall–Kier alpha value is -0.800. The van der Waals surface area contributed by atoms with Crippen molar-refractivity contribution in [3.8, 4) is 0 Å². The molecule has 1 aromatic rings. The summed E-state index contributed by atoms with van der Waals surface area (Å²) in [5.74, 6) is 1.01. The summed E-state index contributed by atoms with van der Waals surface area (Å²) in [6, 6.07) is 4.38. The Kier molecular flexibility index (Phi) is 5.22. The molecule has 0 saturated carbocycles. The van der Waals surface area contributed by atoms with Gasteiger partial charge in [0.05, 0.1) is 12.8 Å². The van der Waals surface area contributed by atoms with E-state index < -0.39 is 0 Å². The number of nitrogens with zero attached hydrogens (tertiary/aromatic N) is 1. The molecule has 2 N–H and O–H groups in total. The molecular formula is C14H26N2O. The summed E-state index contributed by atoms with van der Waals surface area (Å²) in [6.07, 6.45) is 2.84. The third kappa shape index (κ3) is 4.92. The van der Waals surface area contributed by atoms with Crippen molar-refractivity contribution in [3.05, 3.63) is 24.2 Å². The Labute approximate surface area is 105 Å². The van der Waals surface area contributed by atoms with E-state index >= 15 is 0 Å². The Morgan fingerprint density at radius 1 is 1.41 bits per heavy atom. The largest absolute Gasteiger partial charge is 0.468 e. The molecule has 98 valence electrons. The molecule has 0 aliphatic rings. The average molecular weight is 238 g/mol. The molecule has 17 heavy (non-hydrogen) atoms. The molecule has 0 radical (unpaired) electrons. The topological polar surface area (TPSA) is 42.4 Å². The smallest absolute Gasteiger partial charge is 0.117 e. The Morgan fingerprint density at radius 2 is 2.12 bits per heavy atom. The molecule has 0 bridgehead atoms. The predicted molar refractivity (Wildman–Crippen MR) is 71.7 cm³/mol. The SMILES string of the molecule is CCN(Cc1ccco1)C(CN)CC(C)(C)C. The lowest BCUT2D eigenvalue weighted by Crippen LogP contribution is -2.42. The zero-order valence-electron chi connectivity index (χ0n) is 11.6. The second kappa shape index (κ2) is 6.22. The lowest BCUT2D eigenvalue weighted by Gasteiger charge is -2.33. The molecule has 3 heteroatoms. The minimum atomic E-state index is 0.306. The maximum atomic E-state index is 5.91. The molecule has 0 spiro atoms. The fraction of sp³-hybridized carbons (Fsp3) is 0.714. The summed E-state index contributed by atoms with van der Waals surface area (Å²) < 4.78 is 5.41. The fourth-order valence-electron chi connectivity index (χ4n) is 2.17. The van der Waals surface area contributed by atoms with Gasteiger partial charge in [0, 0.05) is 12.6 Å². The molecule has 1 heterocycles. The number of rotatable bonds is 6. The van der Waals surface area contributed by atoms with Gasteiger partial charge in [-0.25, -0.2) is 0 Å². The van der Waals surface area contributed by atoms with Crippen molar-refractivity contribution >= 4 is 0 Å². The maximum Gasteiger partial charge on any atom is 0.117 e. The Bertz CT molecular complexity index is 301. The van der Waals surface area contributed by atoms with Crippen LogP contribution in [0.2, 0.25) is 0 Å². The first kappa shape index (κ1) is 14.3. The highest BCUT2D eigenvalue weighted by atomic mass is 16.3. The molecule has 1 unspecified atom stereocenters. The van der Waals surface area contributed by atoms with Crippen molar-refractivity contribution in [3.63, 3.8) is 0 Å². The van der Waals surface area contributed by atoms with E-state index in [1.807, 2.05) is 12.1 Å². The van der Waals surface area contributed by atoms with Crippen LogP contribution < -0.4 is 5.73 Å². The molecular weight excluding hydrogens is 212 g/mol. The average Bonchev–Trinajstić information content (AvgIpc) is 2.74. The van der Waals surface area contributed by atoms with Gasteiger partial charge in [0.1, 0.15) is 5.76 Å². The van der Waals surface area contributed by atoms with Crippen LogP contribution in [0.5, 0.6) is 0 Å². The highest BCUT2D eigenvalue weighted by Gasteiger charge is 2.23. The molecule has 3 nitrogen and oxygen atoms in total. The molecule has 1 aromatic heterocycles. The number of nitrogens with two attached hydrogens (primary N) is 1. The van der Waals surface area contributed by atoms with Gasteiger partial charge in [-0.3, -0.25) is 4.90 Å². The zero-order valence-corrected chi connectivity index (χ0v) is 11.6. The van der Waals surface area contributed by atoms with Crippen LogP contribution in [0, 0.1) is 5.41 Å². The van der Waals surface area contributed by atoms with E-state index in [1.54, 1.807) is 6.26 Å². The van der Waals surface area contributed by atoms with E-state index in [0.29, 0.717) is 18.0 Å². The summed E-state index contributed by atoms with van der Waals surface area (Å²) >= 11 is 0. The number of likely N-dealkylation sites (N-methyl/N-ethyl adjacent to an activating group) is 1. The van der Waals surface area contributed by atoms with Gasteiger partial charge in [0.25, 0.3) is 0 Å². The van der Waals surface area contributed by atoms with Crippen molar-refractivity contribution < 1.29 is 4.42 Å². The van der Waals surface area contributed by atoms with Crippen LogP contribution in [0.1, 0.15) is 39.9 Å². The predicted octanol–water partition coefficient (Wildman–Crippen LogP) is 2.87. The third-order valence-corrected chi connectivity index (χ3v) is 2.98. The minimum Gasteiger partial charge on any atom is -0.468 e. The second-order valence-corrected chi connectivity index (χ2v) is 5.80. The van der Waals surface area contributed by atoms with E-state index in [9.17, 15) is 0 Å². The van der Waals surface area contributed by atoms with E-state index in [-0.39, 0.29) is 0 Å². The second-order valence-electron chi connectivity index (χ2n) is 5.80. The van der Waals surface area contributed by atoms with E-state index in [2.05, 4.69) is 32.6 Å². The highest BCUT2D eigenvalue weighted by Crippen LogP contribution is 2.24. The molecule has 0 fully saturated rings. The van der Waals surface area contributed by atoms with Gasteiger partial charge >= 0.3 is 0 Å². The fourth-order valence-corrected chi connectivity index (χ4v) is 2.17. The normalized spacial score (nSPS) is 14.2. The quantitative estimate of drug-likeness (QED) is 0.828. The first-order valence-corrected chi connectivity index (χ1v) is 6.42. The first-order chi connectivity index (χ1) is 7.96. The number of furan rings is 1. The van der Waals surface area contributed by atoms with Crippen molar-refractivity contribution in [2.75, 3.05) is 13.1 Å². The summed E-state index contributed by atoms with van der Waals surface area (Å²) in [4.78, 5) is 2.39. The zero-order chi connectivity index (χ0) is 12.9. The van der Waals surface area contributed by atoms with Gasteiger partial charge in [-0.15, -0.1) is 0 Å². The van der Waals surface area contributed by atoms with Crippen molar-refractivity contribution in [1.82, 2.24) is 4.90 Å². The summed E-state index contributed by atoms with van der Waals surface area (Å²) in [7, 11) is 0. The molecule has 0 aromatic carbocycles. The van der Waals surface area contributed by atoms with Gasteiger partial charge in [0.2, 0.25) is 0 Å². The van der Waals surface area contributed by atoms with Gasteiger partial charge < -0.3 is 10.2 Å². The summed E-state index contributed by atoms with van der Waals surface area (Å²) in [5, 5.41) is 0. The van der Waals surface area contributed by atoms with Crippen molar-refractivity contribution in [2.45, 2.75) is 46.7 Å². The molecule has 0 amide bonds. The van der Waals surface area contributed by atoms with Crippen LogP contribution in [0.4, 0.5) is 0 Å². The Balaban J connectivity index is 2.63. The van der Waals surface area contributed by atoms with Crippen molar-refractivity contribution in [1.29, 1.82) is 0 Å². The van der Waals surface area contributed by atoms with Crippen LogP contribution in [-0.2, 0) is 6.54 Å². The maximum absolute atomic E-state index is 5.91. The van der Waals surface area contributed by atoms with E-state index in [0.717, 1.165) is 25.3 Å². The minimum absolute atomic E-state index is 0.306. The lowest BCUT2D eigenvalue weighted by molar-refractivity contribution is 0.143. The summed E-state index contributed by atoms with van der Waals surface area (Å²) in [5.41, 5.74) is 6.22. The van der Waals surface area contributed by atoms with Gasteiger partial charge in [-0.2, -0.15) is 0 Å². The van der Waals surface area contributed by atoms with Crippen LogP contribution in [0.25, 0.3) is 0 Å². The first-order valence-electron chi connectivity index (χ1n) is 6.42. The molecule has 0 aliphatic heterocycles. The van der Waals surface area contributed by atoms with E-state index in [1.165, 1.54) is 0 Å². The van der Waals surface area contributed by atoms with E-state index in [4.69, 9.17) is 10.2 Å². The molecule has 0 saturated heterocycles. The summed E-state index contributed by atoms with van der Waals surface area (Å²) in [6.45, 7) is 11.5. The van der Waals surface area contributed by atoms with Crippen LogP contribution >= 0.6 is 0 Å². The monoisotopic (exact) mass is 238 g/mol. The van der Waals surface area contributed by atoms with Gasteiger partial charge in [-0.05, 0) is 30.5 Å². The van der Waals surface area contributed by atoms with Crippen LogP contribution in [0.15, 0.2) is 22.8 Å². The molecule has 1 rings (SSSR count). The number of hydrogen-bond donors (Lipinski definition) is 1. The van der Waals surface area contributed by atoms with Gasteiger partial charge in [0.15, 0.2) is 0 Å². The van der Waals surface area contributed by atoms with Crippen LogP contribution in [0.3, 0.4) is 0 Å².